The first-order valence-electron chi connectivity index (χ1n) is 11.1. The number of ether oxygens (including phenoxy) is 2. The molecule has 0 aromatic carbocycles. The molecule has 9 heteroatoms. The van der Waals surface area contributed by atoms with Crippen LogP contribution >= 0.6 is 0 Å². The summed E-state index contributed by atoms with van der Waals surface area (Å²) in [4.78, 5) is 7.90. The van der Waals surface area contributed by atoms with E-state index < -0.39 is 6.61 Å². The van der Waals surface area contributed by atoms with Crippen LogP contribution in [0, 0.1) is 5.92 Å². The summed E-state index contributed by atoms with van der Waals surface area (Å²) < 4.78 is 32.8. The fraction of sp³-hybridized carbons (Fsp3) is 0.682. The van der Waals surface area contributed by atoms with Crippen LogP contribution in [0.1, 0.15) is 79.6 Å². The molecule has 31 heavy (non-hydrogen) atoms. The van der Waals surface area contributed by atoms with Crippen molar-refractivity contribution in [2.75, 3.05) is 12.4 Å². The molecule has 0 radical (unpaired) electrons. The third-order valence-electron chi connectivity index (χ3n) is 3.99. The Kier molecular flexibility index (Phi) is 16.9. The molecule has 0 spiro atoms. The van der Waals surface area contributed by atoms with E-state index in [4.69, 9.17) is 4.74 Å². The highest BCUT2D eigenvalue weighted by molar-refractivity contribution is 5.51. The van der Waals surface area contributed by atoms with Crippen LogP contribution in [0.3, 0.4) is 0 Å². The Morgan fingerprint density at radius 3 is 2.26 bits per heavy atom. The van der Waals surface area contributed by atoms with E-state index in [9.17, 15) is 8.78 Å². The number of hydrogen-bond acceptors (Lipinski definition) is 6. The van der Waals surface area contributed by atoms with E-state index in [1.54, 1.807) is 0 Å². The van der Waals surface area contributed by atoms with Gasteiger partial charge in [0.25, 0.3) is 0 Å². The quantitative estimate of drug-likeness (QED) is 0.485. The molecule has 1 aliphatic rings. The molecule has 2 N–H and O–H groups in total. The number of anilines is 2. The predicted octanol–water partition coefficient (Wildman–Crippen LogP) is 6.97. The molecule has 178 valence electrons. The molecule has 0 saturated heterocycles. The van der Waals surface area contributed by atoms with Gasteiger partial charge in [-0.3, -0.25) is 10.1 Å². The number of methoxy groups -OCH3 is 1. The van der Waals surface area contributed by atoms with Crippen LogP contribution in [-0.4, -0.2) is 33.9 Å². The summed E-state index contributed by atoms with van der Waals surface area (Å²) >= 11 is 0. The van der Waals surface area contributed by atoms with E-state index in [0.29, 0.717) is 17.5 Å². The zero-order chi connectivity index (χ0) is 23.5. The van der Waals surface area contributed by atoms with E-state index in [1.807, 2.05) is 13.8 Å². The number of rotatable bonds is 5. The lowest BCUT2D eigenvalue weighted by molar-refractivity contribution is -0.0528. The summed E-state index contributed by atoms with van der Waals surface area (Å²) in [6.07, 6.45) is 13.1. The lowest BCUT2D eigenvalue weighted by Gasteiger charge is -2.03. The van der Waals surface area contributed by atoms with Gasteiger partial charge in [0.2, 0.25) is 11.8 Å². The van der Waals surface area contributed by atoms with Gasteiger partial charge in [-0.15, -0.1) is 5.10 Å². The van der Waals surface area contributed by atoms with E-state index in [0.717, 1.165) is 5.92 Å². The van der Waals surface area contributed by atoms with Gasteiger partial charge in [-0.25, -0.2) is 0 Å². The van der Waals surface area contributed by atoms with Crippen LogP contribution in [0.5, 0.6) is 11.8 Å². The Balaban J connectivity index is 0.000000575. The summed E-state index contributed by atoms with van der Waals surface area (Å²) in [7, 11) is 1.46. The largest absolute Gasteiger partial charge is 0.480 e. The molecule has 0 aliphatic heterocycles. The van der Waals surface area contributed by atoms with Crippen molar-refractivity contribution in [3.05, 3.63) is 18.5 Å². The standard InChI is InChI=1S/C9H9F2N5O2.C8H16.C3H8.C2H6/c1-17-8-4-12-3-6(14-8)13-5-2-7(16-15-5)18-9(10)11;1-8-6-4-2-3-5-7-8;1-3-2;1-2/h2-4,9H,1H3,(H2,13,14,15,16);8H,2-7H2,1H3;3H2,1-2H3;1-2H3. The lowest BCUT2D eigenvalue weighted by Crippen LogP contribution is -2.01. The minimum atomic E-state index is -2.92. The van der Waals surface area contributed by atoms with Crippen molar-refractivity contribution >= 4 is 11.6 Å². The van der Waals surface area contributed by atoms with Gasteiger partial charge in [0.05, 0.1) is 19.5 Å². The molecule has 1 aliphatic carbocycles. The van der Waals surface area contributed by atoms with E-state index in [-0.39, 0.29) is 5.88 Å². The molecule has 2 aromatic rings. The molecule has 0 unspecified atom stereocenters. The van der Waals surface area contributed by atoms with Crippen molar-refractivity contribution in [1.82, 2.24) is 20.2 Å². The van der Waals surface area contributed by atoms with Crippen LogP contribution in [0.15, 0.2) is 18.5 Å². The Bertz CT molecular complexity index is 663. The molecule has 0 amide bonds. The van der Waals surface area contributed by atoms with E-state index >= 15 is 0 Å². The summed E-state index contributed by atoms with van der Waals surface area (Å²) in [6.45, 7) is 7.71. The highest BCUT2D eigenvalue weighted by Gasteiger charge is 2.09. The number of H-pyrrole nitrogens is 1. The Morgan fingerprint density at radius 2 is 1.71 bits per heavy atom. The molecule has 3 rings (SSSR count). The third-order valence-corrected chi connectivity index (χ3v) is 3.99. The fourth-order valence-electron chi connectivity index (χ4n) is 2.65. The second-order valence-corrected chi connectivity index (χ2v) is 6.87. The molecule has 0 bridgehead atoms. The smallest absolute Gasteiger partial charge is 0.388 e. The maximum absolute atomic E-state index is 11.9. The van der Waals surface area contributed by atoms with Gasteiger partial charge in [-0.2, -0.15) is 13.8 Å². The second-order valence-electron chi connectivity index (χ2n) is 6.87. The third kappa shape index (κ3) is 14.2. The summed E-state index contributed by atoms with van der Waals surface area (Å²) in [5, 5.41) is 8.77. The number of hydrogen-bond donors (Lipinski definition) is 2. The Hall–Kier alpha value is -2.45. The van der Waals surface area contributed by atoms with Crippen molar-refractivity contribution in [1.29, 1.82) is 0 Å². The molecule has 2 heterocycles. The maximum Gasteiger partial charge on any atom is 0.388 e. The normalized spacial score (nSPS) is 13.3. The molecule has 2 aromatic heterocycles. The topological polar surface area (TPSA) is 85.0 Å². The minimum absolute atomic E-state index is 0.219. The number of nitrogens with zero attached hydrogens (tertiary/aromatic N) is 3. The average molecular weight is 444 g/mol. The summed E-state index contributed by atoms with van der Waals surface area (Å²) in [6, 6.07) is 1.27. The van der Waals surface area contributed by atoms with Gasteiger partial charge in [-0.1, -0.05) is 79.6 Å². The zero-order valence-electron chi connectivity index (χ0n) is 19.8. The highest BCUT2D eigenvalue weighted by Crippen LogP contribution is 2.21. The number of aromatic nitrogens is 4. The molecular formula is C22H39F2N5O2. The summed E-state index contributed by atoms with van der Waals surface area (Å²) in [5.74, 6) is 1.85. The highest BCUT2D eigenvalue weighted by atomic mass is 19.3. The molecule has 0 atom stereocenters. The number of aromatic amines is 1. The molecular weight excluding hydrogens is 404 g/mol. The maximum atomic E-state index is 11.9. The average Bonchev–Trinajstić information content (AvgIpc) is 3.04. The Labute approximate surface area is 185 Å². The second kappa shape index (κ2) is 18.3. The molecule has 7 nitrogen and oxygen atoms in total. The van der Waals surface area contributed by atoms with Gasteiger partial charge in [0, 0.05) is 6.07 Å². The van der Waals surface area contributed by atoms with Gasteiger partial charge >= 0.3 is 6.61 Å². The first kappa shape index (κ1) is 28.5. The predicted molar refractivity (Wildman–Crippen MR) is 121 cm³/mol. The molecule has 1 fully saturated rings. The van der Waals surface area contributed by atoms with Crippen LogP contribution in [0.2, 0.25) is 0 Å². The minimum Gasteiger partial charge on any atom is -0.480 e. The number of halogens is 2. The van der Waals surface area contributed by atoms with Crippen LogP contribution in [-0.2, 0) is 0 Å². The fourth-order valence-corrected chi connectivity index (χ4v) is 2.65. The Morgan fingerprint density at radius 1 is 1.10 bits per heavy atom. The van der Waals surface area contributed by atoms with Crippen molar-refractivity contribution < 1.29 is 18.3 Å². The van der Waals surface area contributed by atoms with Gasteiger partial charge in [-0.05, 0) is 5.92 Å². The van der Waals surface area contributed by atoms with Gasteiger partial charge < -0.3 is 14.8 Å². The van der Waals surface area contributed by atoms with E-state index in [1.165, 1.54) is 70.5 Å². The van der Waals surface area contributed by atoms with Gasteiger partial charge in [0.15, 0.2) is 5.82 Å². The SMILES string of the molecule is CC.CC1CCCCCC1.CCC.COc1cncc(Nc2cc(OC(F)F)n[nH]2)n1. The van der Waals surface area contributed by atoms with Crippen LogP contribution < -0.4 is 14.8 Å². The van der Waals surface area contributed by atoms with Crippen molar-refractivity contribution in [3.63, 3.8) is 0 Å². The van der Waals surface area contributed by atoms with Crippen molar-refractivity contribution in [2.24, 2.45) is 5.92 Å². The first-order valence-corrected chi connectivity index (χ1v) is 11.1. The van der Waals surface area contributed by atoms with Crippen LogP contribution in [0.25, 0.3) is 0 Å². The van der Waals surface area contributed by atoms with E-state index in [2.05, 4.69) is 51.0 Å². The number of alkyl halides is 2. The zero-order valence-corrected chi connectivity index (χ0v) is 19.8. The van der Waals surface area contributed by atoms with Crippen molar-refractivity contribution in [3.8, 4) is 11.8 Å². The van der Waals surface area contributed by atoms with Gasteiger partial charge in [0.1, 0.15) is 5.82 Å². The van der Waals surface area contributed by atoms with Crippen LogP contribution in [0.4, 0.5) is 20.4 Å². The monoisotopic (exact) mass is 443 g/mol. The van der Waals surface area contributed by atoms with Crippen molar-refractivity contribution in [2.45, 2.75) is 86.2 Å². The first-order chi connectivity index (χ1) is 15.0. The number of nitrogens with one attached hydrogen (secondary N) is 2. The lowest BCUT2D eigenvalue weighted by atomic mass is 10.0. The molecule has 1 saturated carbocycles. The summed E-state index contributed by atoms with van der Waals surface area (Å²) in [5.41, 5.74) is 0.